The number of hydrogen-bond acceptors (Lipinski definition) is 7. The van der Waals surface area contributed by atoms with Crippen molar-refractivity contribution in [1.82, 2.24) is 19.5 Å². The van der Waals surface area contributed by atoms with E-state index in [-0.39, 0.29) is 35.7 Å². The van der Waals surface area contributed by atoms with Gasteiger partial charge in [-0.3, -0.25) is 14.4 Å². The van der Waals surface area contributed by atoms with Gasteiger partial charge in [-0.25, -0.2) is 13.4 Å². The van der Waals surface area contributed by atoms with Crippen LogP contribution >= 0.6 is 0 Å². The third-order valence-corrected chi connectivity index (χ3v) is 8.47. The lowest BCUT2D eigenvalue weighted by Crippen LogP contribution is -2.53. The monoisotopic (exact) mass is 554 g/mol. The van der Waals surface area contributed by atoms with Gasteiger partial charge < -0.3 is 14.6 Å². The molecule has 0 radical (unpaired) electrons. The molecule has 0 saturated carbocycles. The molecule has 0 bridgehead atoms. The minimum Gasteiger partial charge on any atom is -0.451 e. The maximum Gasteiger partial charge on any atom is 0.290 e. The number of carbonyl (C=O) groups excluding carboxylic acids is 3. The summed E-state index contributed by atoms with van der Waals surface area (Å²) >= 11 is 0. The van der Waals surface area contributed by atoms with Crippen LogP contribution in [0.3, 0.4) is 0 Å². The van der Waals surface area contributed by atoms with E-state index in [0.29, 0.717) is 18.4 Å². The molecule has 11 heteroatoms. The molecule has 1 fully saturated rings. The highest BCUT2D eigenvalue weighted by Crippen LogP contribution is 2.26. The first kappa shape index (κ1) is 28.4. The Morgan fingerprint density at radius 3 is 2.56 bits per heavy atom. The molecule has 1 aliphatic rings. The Morgan fingerprint density at radius 2 is 1.90 bits per heavy atom. The molecule has 2 atom stereocenters. The summed E-state index contributed by atoms with van der Waals surface area (Å²) in [5.41, 5.74) is 0.256. The highest BCUT2D eigenvalue weighted by Gasteiger charge is 2.37. The number of ketones is 1. The second-order valence-corrected chi connectivity index (χ2v) is 12.9. The smallest absolute Gasteiger partial charge is 0.290 e. The summed E-state index contributed by atoms with van der Waals surface area (Å²) in [4.78, 5) is 45.3. The highest BCUT2D eigenvalue weighted by molar-refractivity contribution is 7.89. The molecule has 1 unspecified atom stereocenters. The van der Waals surface area contributed by atoms with Crippen molar-refractivity contribution in [3.8, 4) is 0 Å². The van der Waals surface area contributed by atoms with Crippen molar-refractivity contribution in [3.05, 3.63) is 60.5 Å². The third-order valence-electron chi connectivity index (χ3n) is 6.71. The number of fused-ring (bicyclic) bond motifs is 1. The number of hydrogen-bond donors (Lipinski definition) is 1. The van der Waals surface area contributed by atoms with E-state index in [4.69, 9.17) is 4.42 Å². The lowest BCUT2D eigenvalue weighted by Gasteiger charge is -2.32. The van der Waals surface area contributed by atoms with E-state index in [0.717, 1.165) is 9.69 Å². The van der Waals surface area contributed by atoms with Crippen LogP contribution in [-0.2, 0) is 19.6 Å². The van der Waals surface area contributed by atoms with Gasteiger partial charge in [-0.05, 0) is 48.9 Å². The number of furan rings is 1. The van der Waals surface area contributed by atoms with Crippen LogP contribution in [0.1, 0.15) is 50.6 Å². The number of pyridine rings is 1. The SMILES string of the molecule is CN(C(=O)c1cc2ccccc2o1)[C@@H](CC(C)(C)C)C(=O)NC1CCCN(S(=O)(=O)c2ccccn2)CC1=O. The van der Waals surface area contributed by atoms with Gasteiger partial charge in [0.15, 0.2) is 16.6 Å². The molecule has 2 amide bonds. The summed E-state index contributed by atoms with van der Waals surface area (Å²) in [7, 11) is -2.41. The van der Waals surface area contributed by atoms with Crippen molar-refractivity contribution in [2.24, 2.45) is 5.41 Å². The molecule has 0 spiro atoms. The summed E-state index contributed by atoms with van der Waals surface area (Å²) in [6.45, 7) is 5.65. The van der Waals surface area contributed by atoms with Crippen LogP contribution in [0.5, 0.6) is 0 Å². The number of nitrogens with one attached hydrogen (secondary N) is 1. The fourth-order valence-corrected chi connectivity index (χ4v) is 6.02. The van der Waals surface area contributed by atoms with Gasteiger partial charge in [0.2, 0.25) is 5.91 Å². The molecule has 3 heterocycles. The van der Waals surface area contributed by atoms with Crippen molar-refractivity contribution < 1.29 is 27.2 Å². The summed E-state index contributed by atoms with van der Waals surface area (Å²) in [5.74, 6) is -1.22. The van der Waals surface area contributed by atoms with Gasteiger partial charge in [-0.2, -0.15) is 4.31 Å². The third kappa shape index (κ3) is 6.54. The minimum atomic E-state index is -3.95. The van der Waals surface area contributed by atoms with Crippen LogP contribution in [0.4, 0.5) is 0 Å². The van der Waals surface area contributed by atoms with E-state index in [1.54, 1.807) is 31.3 Å². The Morgan fingerprint density at radius 1 is 1.18 bits per heavy atom. The standard InChI is InChI=1S/C28H34N4O6S/c1-28(2,3)17-21(31(4)27(35)24-16-19-10-5-6-12-23(19)38-24)26(34)30-20-11-9-15-32(18-22(20)33)39(36,37)25-13-7-8-14-29-25/h5-8,10,12-14,16,20-21H,9,11,15,17-18H2,1-4H3,(H,30,34)/t20?,21-/m0/s1. The molecule has 208 valence electrons. The average molecular weight is 555 g/mol. The summed E-state index contributed by atoms with van der Waals surface area (Å²) in [5, 5.41) is 3.46. The zero-order chi connectivity index (χ0) is 28.4. The normalized spacial score (nSPS) is 17.9. The number of sulfonamides is 1. The topological polar surface area (TPSA) is 130 Å². The van der Waals surface area contributed by atoms with Gasteiger partial charge in [-0.15, -0.1) is 0 Å². The Hall–Kier alpha value is -3.57. The molecule has 1 aromatic carbocycles. The number of carbonyl (C=O) groups is 3. The van der Waals surface area contributed by atoms with Crippen molar-refractivity contribution in [2.45, 2.75) is 57.1 Å². The number of amides is 2. The lowest BCUT2D eigenvalue weighted by molar-refractivity contribution is -0.131. The molecular weight excluding hydrogens is 520 g/mol. The van der Waals surface area contributed by atoms with E-state index >= 15 is 0 Å². The number of Topliss-reactive ketones (excluding diaryl/α,β-unsaturated/α-hetero) is 1. The number of para-hydroxylation sites is 1. The Bertz CT molecular complexity index is 1430. The molecule has 4 rings (SSSR count). The van der Waals surface area contributed by atoms with Gasteiger partial charge in [0.25, 0.3) is 15.9 Å². The van der Waals surface area contributed by atoms with Gasteiger partial charge in [0.05, 0.1) is 12.6 Å². The summed E-state index contributed by atoms with van der Waals surface area (Å²) in [6, 6.07) is 11.7. The average Bonchev–Trinajstić information content (AvgIpc) is 3.25. The molecule has 39 heavy (non-hydrogen) atoms. The van der Waals surface area contributed by atoms with Crippen LogP contribution in [-0.4, -0.2) is 72.4 Å². The van der Waals surface area contributed by atoms with Crippen LogP contribution in [0.25, 0.3) is 11.0 Å². The number of rotatable bonds is 7. The fourth-order valence-electron chi connectivity index (χ4n) is 4.64. The quantitative estimate of drug-likeness (QED) is 0.475. The van der Waals surface area contributed by atoms with E-state index in [9.17, 15) is 22.8 Å². The number of benzene rings is 1. The first-order chi connectivity index (χ1) is 18.4. The summed E-state index contributed by atoms with van der Waals surface area (Å²) in [6.07, 6.45) is 2.37. The van der Waals surface area contributed by atoms with Gasteiger partial charge in [0, 0.05) is 25.2 Å². The van der Waals surface area contributed by atoms with E-state index in [1.807, 2.05) is 39.0 Å². The van der Waals surface area contributed by atoms with E-state index < -0.39 is 39.7 Å². The molecular formula is C28H34N4O6S. The lowest BCUT2D eigenvalue weighted by atomic mass is 9.87. The second kappa shape index (κ2) is 11.3. The fraction of sp³-hybridized carbons (Fsp3) is 0.429. The molecule has 0 aliphatic carbocycles. The number of likely N-dealkylation sites (N-methyl/N-ethyl adjacent to an activating group) is 1. The number of nitrogens with zero attached hydrogens (tertiary/aromatic N) is 3. The zero-order valence-corrected chi connectivity index (χ0v) is 23.4. The Kier molecular flexibility index (Phi) is 8.22. The second-order valence-electron chi connectivity index (χ2n) is 11.0. The molecule has 1 N–H and O–H groups in total. The van der Waals surface area contributed by atoms with Gasteiger partial charge in [0.1, 0.15) is 11.6 Å². The van der Waals surface area contributed by atoms with Crippen LogP contribution in [0, 0.1) is 5.41 Å². The van der Waals surface area contributed by atoms with Gasteiger partial charge >= 0.3 is 0 Å². The van der Waals surface area contributed by atoms with Gasteiger partial charge in [-0.1, -0.05) is 45.0 Å². The predicted molar refractivity (Wildman–Crippen MR) is 145 cm³/mol. The van der Waals surface area contributed by atoms with Crippen LogP contribution in [0.15, 0.2) is 64.2 Å². The van der Waals surface area contributed by atoms with Crippen molar-refractivity contribution >= 4 is 38.6 Å². The highest BCUT2D eigenvalue weighted by atomic mass is 32.2. The Labute approximate surface area is 228 Å². The predicted octanol–water partition coefficient (Wildman–Crippen LogP) is 3.24. The molecule has 1 saturated heterocycles. The Balaban J connectivity index is 1.50. The van der Waals surface area contributed by atoms with Crippen LogP contribution < -0.4 is 5.32 Å². The maximum absolute atomic E-state index is 13.6. The minimum absolute atomic E-state index is 0.117. The molecule has 2 aromatic heterocycles. The van der Waals surface area contributed by atoms with Crippen molar-refractivity contribution in [1.29, 1.82) is 0 Å². The molecule has 1 aliphatic heterocycles. The van der Waals surface area contributed by atoms with E-state index in [1.165, 1.54) is 17.2 Å². The zero-order valence-electron chi connectivity index (χ0n) is 22.6. The largest absolute Gasteiger partial charge is 0.451 e. The molecule has 10 nitrogen and oxygen atoms in total. The van der Waals surface area contributed by atoms with Crippen molar-refractivity contribution in [3.63, 3.8) is 0 Å². The first-order valence-corrected chi connectivity index (χ1v) is 14.3. The van der Waals surface area contributed by atoms with Crippen molar-refractivity contribution in [2.75, 3.05) is 20.1 Å². The van der Waals surface area contributed by atoms with Crippen LogP contribution in [0.2, 0.25) is 0 Å². The molecule has 3 aromatic rings. The summed E-state index contributed by atoms with van der Waals surface area (Å²) < 4.78 is 32.9. The maximum atomic E-state index is 13.6. The first-order valence-electron chi connectivity index (χ1n) is 12.9. The number of aromatic nitrogens is 1. The van der Waals surface area contributed by atoms with E-state index in [2.05, 4.69) is 10.3 Å².